The van der Waals surface area contributed by atoms with Gasteiger partial charge >= 0.3 is 5.69 Å². The lowest BCUT2D eigenvalue weighted by atomic mass is 9.93. The fourth-order valence-electron chi connectivity index (χ4n) is 1.20. The quantitative estimate of drug-likeness (QED) is 0.327. The molecule has 0 unspecified atom stereocenters. The molecular weight excluding hydrogens is 252 g/mol. The maximum absolute atomic E-state index is 11.2. The minimum absolute atomic E-state index is 0.0229. The number of hydrogen-bond acceptors (Lipinski definition) is 7. The molecule has 1 amide bonds. The first-order valence-electron chi connectivity index (χ1n) is 5.44. The standard InChI is InChI=1S/C10H16N6O3/c1-10(2,9(11)17)5-13-8-6(16(18)19)3-4-7(14-8)15-12/h3-4H,5,12H2,1-2H3,(H2,11,17)(H2,13,14,15). The van der Waals surface area contributed by atoms with E-state index in [1.54, 1.807) is 13.8 Å². The molecule has 0 fully saturated rings. The summed E-state index contributed by atoms with van der Waals surface area (Å²) in [4.78, 5) is 25.4. The first-order chi connectivity index (χ1) is 8.77. The summed E-state index contributed by atoms with van der Waals surface area (Å²) in [5, 5.41) is 13.6. The first kappa shape index (κ1) is 14.6. The molecule has 6 N–H and O–H groups in total. The zero-order valence-corrected chi connectivity index (χ0v) is 10.6. The monoisotopic (exact) mass is 268 g/mol. The molecule has 0 spiro atoms. The van der Waals surface area contributed by atoms with Gasteiger partial charge in [0.25, 0.3) is 0 Å². The van der Waals surface area contributed by atoms with Crippen molar-refractivity contribution in [2.45, 2.75) is 13.8 Å². The van der Waals surface area contributed by atoms with Crippen LogP contribution in [0, 0.1) is 15.5 Å². The van der Waals surface area contributed by atoms with Crippen molar-refractivity contribution in [1.29, 1.82) is 0 Å². The Morgan fingerprint density at radius 2 is 2.16 bits per heavy atom. The lowest BCUT2D eigenvalue weighted by Crippen LogP contribution is -2.37. The number of pyridine rings is 1. The second-order valence-electron chi connectivity index (χ2n) is 4.57. The Balaban J connectivity index is 2.98. The molecule has 0 aliphatic carbocycles. The van der Waals surface area contributed by atoms with Crippen molar-refractivity contribution < 1.29 is 9.72 Å². The van der Waals surface area contributed by atoms with Gasteiger partial charge in [0.1, 0.15) is 5.82 Å². The van der Waals surface area contributed by atoms with Gasteiger partial charge < -0.3 is 16.5 Å². The van der Waals surface area contributed by atoms with E-state index in [0.29, 0.717) is 0 Å². The maximum atomic E-state index is 11.2. The van der Waals surface area contributed by atoms with Crippen molar-refractivity contribution in [1.82, 2.24) is 4.98 Å². The molecule has 1 heterocycles. The average Bonchev–Trinajstić information content (AvgIpc) is 2.35. The van der Waals surface area contributed by atoms with Crippen LogP contribution in [-0.4, -0.2) is 22.4 Å². The number of aromatic nitrogens is 1. The summed E-state index contributed by atoms with van der Waals surface area (Å²) in [6.45, 7) is 3.36. The van der Waals surface area contributed by atoms with E-state index in [1.165, 1.54) is 12.1 Å². The number of anilines is 2. The number of nitrogens with two attached hydrogens (primary N) is 2. The van der Waals surface area contributed by atoms with E-state index in [0.717, 1.165) is 0 Å². The van der Waals surface area contributed by atoms with E-state index >= 15 is 0 Å². The molecule has 9 nitrogen and oxygen atoms in total. The molecule has 9 heteroatoms. The number of nitro groups is 1. The highest BCUT2D eigenvalue weighted by Gasteiger charge is 2.26. The third-order valence-electron chi connectivity index (χ3n) is 2.58. The summed E-state index contributed by atoms with van der Waals surface area (Å²) >= 11 is 0. The minimum Gasteiger partial charge on any atom is -0.369 e. The number of nitrogens with zero attached hydrogens (tertiary/aromatic N) is 2. The lowest BCUT2D eigenvalue weighted by Gasteiger charge is -2.21. The van der Waals surface area contributed by atoms with Crippen molar-refractivity contribution in [2.75, 3.05) is 17.3 Å². The van der Waals surface area contributed by atoms with Gasteiger partial charge in [0, 0.05) is 12.6 Å². The van der Waals surface area contributed by atoms with Gasteiger partial charge in [-0.3, -0.25) is 14.9 Å². The Morgan fingerprint density at radius 3 is 2.63 bits per heavy atom. The molecule has 0 saturated carbocycles. The summed E-state index contributed by atoms with van der Waals surface area (Å²) in [5.74, 6) is 4.96. The normalized spacial score (nSPS) is 10.9. The predicted molar refractivity (Wildman–Crippen MR) is 70.2 cm³/mol. The van der Waals surface area contributed by atoms with Gasteiger partial charge in [-0.25, -0.2) is 10.8 Å². The minimum atomic E-state index is -0.859. The number of nitrogen functional groups attached to an aromatic ring is 1. The Hall–Kier alpha value is -2.42. The fourth-order valence-corrected chi connectivity index (χ4v) is 1.20. The number of hydrogen-bond donors (Lipinski definition) is 4. The van der Waals surface area contributed by atoms with Gasteiger partial charge in [-0.1, -0.05) is 0 Å². The van der Waals surface area contributed by atoms with Crippen LogP contribution in [0.5, 0.6) is 0 Å². The molecule has 0 atom stereocenters. The lowest BCUT2D eigenvalue weighted by molar-refractivity contribution is -0.384. The summed E-state index contributed by atoms with van der Waals surface area (Å²) in [6.07, 6.45) is 0. The summed E-state index contributed by atoms with van der Waals surface area (Å²) in [7, 11) is 0. The van der Waals surface area contributed by atoms with E-state index in [2.05, 4.69) is 15.7 Å². The van der Waals surface area contributed by atoms with Gasteiger partial charge in [0.15, 0.2) is 0 Å². The van der Waals surface area contributed by atoms with Crippen LogP contribution in [0.3, 0.4) is 0 Å². The smallest absolute Gasteiger partial charge is 0.311 e. The van der Waals surface area contributed by atoms with E-state index in [-0.39, 0.29) is 23.9 Å². The Labute approximate surface area is 109 Å². The van der Waals surface area contributed by atoms with E-state index < -0.39 is 16.2 Å². The largest absolute Gasteiger partial charge is 0.369 e. The van der Waals surface area contributed by atoms with Crippen LogP contribution in [0.25, 0.3) is 0 Å². The zero-order valence-electron chi connectivity index (χ0n) is 10.6. The van der Waals surface area contributed by atoms with Gasteiger partial charge in [0.2, 0.25) is 11.7 Å². The second kappa shape index (κ2) is 5.48. The van der Waals surface area contributed by atoms with E-state index in [1.807, 2.05) is 0 Å². The van der Waals surface area contributed by atoms with Gasteiger partial charge in [0.05, 0.1) is 10.3 Å². The third kappa shape index (κ3) is 3.52. The molecule has 0 bridgehead atoms. The van der Waals surface area contributed by atoms with Crippen molar-refractivity contribution in [2.24, 2.45) is 17.0 Å². The number of rotatable bonds is 6. The summed E-state index contributed by atoms with van der Waals surface area (Å²) < 4.78 is 0. The Morgan fingerprint density at radius 1 is 1.53 bits per heavy atom. The van der Waals surface area contributed by atoms with Crippen molar-refractivity contribution in [3.63, 3.8) is 0 Å². The number of hydrazine groups is 1. The number of nitrogens with one attached hydrogen (secondary N) is 2. The van der Waals surface area contributed by atoms with E-state index in [4.69, 9.17) is 11.6 Å². The average molecular weight is 268 g/mol. The fraction of sp³-hybridized carbons (Fsp3) is 0.400. The topological polar surface area (TPSA) is 149 Å². The summed E-state index contributed by atoms with van der Waals surface area (Å²) in [6, 6.07) is 2.64. The molecule has 0 saturated heterocycles. The number of carbonyl (C=O) groups is 1. The van der Waals surface area contributed by atoms with Crippen LogP contribution in [-0.2, 0) is 4.79 Å². The Kier molecular flexibility index (Phi) is 4.22. The third-order valence-corrected chi connectivity index (χ3v) is 2.58. The first-order valence-corrected chi connectivity index (χ1v) is 5.44. The molecule has 1 aromatic rings. The number of carbonyl (C=O) groups excluding carboxylic acids is 1. The van der Waals surface area contributed by atoms with Crippen LogP contribution in [0.15, 0.2) is 12.1 Å². The SMILES string of the molecule is CC(C)(CNc1nc(NN)ccc1[N+](=O)[O-])C(N)=O. The van der Waals surface area contributed by atoms with Gasteiger partial charge in [-0.2, -0.15) is 0 Å². The molecule has 1 aromatic heterocycles. The maximum Gasteiger partial charge on any atom is 0.311 e. The van der Waals surface area contributed by atoms with Crippen molar-refractivity contribution in [3.05, 3.63) is 22.2 Å². The van der Waals surface area contributed by atoms with Gasteiger partial charge in [-0.05, 0) is 19.9 Å². The molecular formula is C10H16N6O3. The molecule has 0 aliphatic heterocycles. The van der Waals surface area contributed by atoms with Crippen LogP contribution in [0.4, 0.5) is 17.3 Å². The second-order valence-corrected chi connectivity index (χ2v) is 4.57. The molecule has 0 aliphatic rings. The van der Waals surface area contributed by atoms with Crippen LogP contribution in [0.2, 0.25) is 0 Å². The highest BCUT2D eigenvalue weighted by atomic mass is 16.6. The number of amides is 1. The van der Waals surface area contributed by atoms with Crippen LogP contribution < -0.4 is 22.3 Å². The summed E-state index contributed by atoms with van der Waals surface area (Å²) in [5.41, 5.74) is 6.44. The van der Waals surface area contributed by atoms with Gasteiger partial charge in [-0.15, -0.1) is 0 Å². The molecule has 19 heavy (non-hydrogen) atoms. The highest BCUT2D eigenvalue weighted by Crippen LogP contribution is 2.25. The molecule has 0 radical (unpaired) electrons. The van der Waals surface area contributed by atoms with E-state index in [9.17, 15) is 14.9 Å². The number of primary amides is 1. The molecule has 0 aromatic carbocycles. The predicted octanol–water partition coefficient (Wildman–Crippen LogP) is 0.199. The van der Waals surface area contributed by atoms with Crippen LogP contribution >= 0.6 is 0 Å². The Bertz CT molecular complexity index is 502. The highest BCUT2D eigenvalue weighted by molar-refractivity contribution is 5.80. The molecule has 1 rings (SSSR count). The van der Waals surface area contributed by atoms with Crippen LogP contribution in [0.1, 0.15) is 13.8 Å². The van der Waals surface area contributed by atoms with Crippen molar-refractivity contribution in [3.8, 4) is 0 Å². The zero-order chi connectivity index (χ0) is 14.6. The van der Waals surface area contributed by atoms with Crippen molar-refractivity contribution >= 4 is 23.2 Å². The molecule has 104 valence electrons.